The van der Waals surface area contributed by atoms with Crippen LogP contribution in [0.5, 0.6) is 0 Å². The molecule has 0 aromatic carbocycles. The van der Waals surface area contributed by atoms with Gasteiger partial charge in [-0.1, -0.05) is 20.3 Å². The van der Waals surface area contributed by atoms with Crippen LogP contribution in [0.25, 0.3) is 0 Å². The van der Waals surface area contributed by atoms with Crippen LogP contribution in [0.2, 0.25) is 0 Å². The van der Waals surface area contributed by atoms with Crippen molar-refractivity contribution < 1.29 is 4.74 Å². The summed E-state index contributed by atoms with van der Waals surface area (Å²) in [7, 11) is 0. The van der Waals surface area contributed by atoms with Crippen LogP contribution in [0, 0.1) is 29.1 Å². The average molecular weight is 279 g/mol. The van der Waals surface area contributed by atoms with Gasteiger partial charge in [0.25, 0.3) is 0 Å². The fourth-order valence-electron chi connectivity index (χ4n) is 5.15. The van der Waals surface area contributed by atoms with Gasteiger partial charge in [-0.3, -0.25) is 0 Å². The Morgan fingerprint density at radius 3 is 2.65 bits per heavy atom. The number of hydrogen-bond donors (Lipinski definition) is 1. The summed E-state index contributed by atoms with van der Waals surface area (Å²) in [6, 6.07) is 0. The normalized spacial score (nSPS) is 43.8. The molecule has 0 aromatic rings. The van der Waals surface area contributed by atoms with Crippen LogP contribution in [0.4, 0.5) is 0 Å². The van der Waals surface area contributed by atoms with Crippen LogP contribution in [0.3, 0.4) is 0 Å². The Bertz CT molecular complexity index is 329. The van der Waals surface area contributed by atoms with Crippen molar-refractivity contribution in [1.29, 1.82) is 0 Å². The maximum Gasteiger partial charge on any atom is 0.0616 e. The van der Waals surface area contributed by atoms with Gasteiger partial charge in [-0.25, -0.2) is 0 Å². The summed E-state index contributed by atoms with van der Waals surface area (Å²) in [6.07, 6.45) is 9.22. The van der Waals surface area contributed by atoms with Crippen LogP contribution in [0.1, 0.15) is 59.3 Å². The number of nitrogens with one attached hydrogen (secondary N) is 1. The molecule has 1 saturated heterocycles. The first-order valence-electron chi connectivity index (χ1n) is 8.91. The molecule has 0 radical (unpaired) electrons. The third-order valence-electron chi connectivity index (χ3n) is 6.41. The van der Waals surface area contributed by atoms with Gasteiger partial charge >= 0.3 is 0 Å². The van der Waals surface area contributed by atoms with Crippen LogP contribution >= 0.6 is 0 Å². The molecule has 2 saturated carbocycles. The molecule has 3 rings (SSSR count). The molecule has 1 N–H and O–H groups in total. The van der Waals surface area contributed by atoms with Gasteiger partial charge in [0.15, 0.2) is 0 Å². The van der Waals surface area contributed by atoms with Gasteiger partial charge in [0.1, 0.15) is 0 Å². The largest absolute Gasteiger partial charge is 0.378 e. The first-order valence-corrected chi connectivity index (χ1v) is 8.91. The molecule has 5 unspecified atom stereocenters. The Morgan fingerprint density at radius 1 is 1.25 bits per heavy atom. The van der Waals surface area contributed by atoms with E-state index in [4.69, 9.17) is 4.74 Å². The van der Waals surface area contributed by atoms with Gasteiger partial charge in [-0.05, 0) is 69.2 Å². The molecule has 20 heavy (non-hydrogen) atoms. The zero-order valence-corrected chi connectivity index (χ0v) is 13.7. The van der Waals surface area contributed by atoms with Crippen molar-refractivity contribution in [3.8, 4) is 0 Å². The monoisotopic (exact) mass is 279 g/mol. The lowest BCUT2D eigenvalue weighted by atomic mass is 9.70. The maximum atomic E-state index is 5.98. The van der Waals surface area contributed by atoms with Crippen molar-refractivity contribution in [1.82, 2.24) is 5.32 Å². The Morgan fingerprint density at radius 2 is 2.10 bits per heavy atom. The molecule has 3 fully saturated rings. The molecular formula is C18H33NO. The molecule has 1 aliphatic heterocycles. The van der Waals surface area contributed by atoms with E-state index in [1.807, 2.05) is 0 Å². The molecule has 3 aliphatic rings. The van der Waals surface area contributed by atoms with E-state index in [2.05, 4.69) is 26.1 Å². The zero-order valence-electron chi connectivity index (χ0n) is 13.7. The molecule has 2 aliphatic carbocycles. The second kappa shape index (κ2) is 5.96. The minimum atomic E-state index is 0.421. The highest BCUT2D eigenvalue weighted by Gasteiger charge is 2.47. The van der Waals surface area contributed by atoms with E-state index in [-0.39, 0.29) is 0 Å². The van der Waals surface area contributed by atoms with Crippen LogP contribution in [-0.4, -0.2) is 25.8 Å². The van der Waals surface area contributed by atoms with Crippen LogP contribution in [-0.2, 0) is 4.74 Å². The van der Waals surface area contributed by atoms with Crippen molar-refractivity contribution in [3.05, 3.63) is 0 Å². The van der Waals surface area contributed by atoms with E-state index >= 15 is 0 Å². The highest BCUT2D eigenvalue weighted by molar-refractivity contribution is 4.98. The Balaban J connectivity index is 1.60. The summed E-state index contributed by atoms with van der Waals surface area (Å²) in [4.78, 5) is 0. The number of rotatable bonds is 6. The van der Waals surface area contributed by atoms with Gasteiger partial charge in [-0.2, -0.15) is 0 Å². The topological polar surface area (TPSA) is 21.3 Å². The van der Waals surface area contributed by atoms with E-state index in [0.29, 0.717) is 11.5 Å². The van der Waals surface area contributed by atoms with E-state index in [9.17, 15) is 0 Å². The lowest BCUT2D eigenvalue weighted by Gasteiger charge is -2.37. The number of hydrogen-bond acceptors (Lipinski definition) is 2. The van der Waals surface area contributed by atoms with Crippen LogP contribution < -0.4 is 5.32 Å². The average Bonchev–Trinajstić information content (AvgIpc) is 3.07. The lowest BCUT2D eigenvalue weighted by Crippen LogP contribution is -2.42. The molecule has 116 valence electrons. The molecule has 2 nitrogen and oxygen atoms in total. The minimum absolute atomic E-state index is 0.421. The van der Waals surface area contributed by atoms with Crippen molar-refractivity contribution in [3.63, 3.8) is 0 Å². The number of fused-ring (bicyclic) bond motifs is 2. The van der Waals surface area contributed by atoms with Gasteiger partial charge in [0, 0.05) is 18.6 Å². The van der Waals surface area contributed by atoms with Crippen molar-refractivity contribution in [2.24, 2.45) is 29.1 Å². The predicted octanol–water partition coefficient (Wildman–Crippen LogP) is 3.85. The van der Waals surface area contributed by atoms with Gasteiger partial charge in [0.2, 0.25) is 0 Å². The van der Waals surface area contributed by atoms with Gasteiger partial charge in [-0.15, -0.1) is 0 Å². The quantitative estimate of drug-likeness (QED) is 0.797. The van der Waals surface area contributed by atoms with Crippen molar-refractivity contribution in [2.75, 3.05) is 19.7 Å². The minimum Gasteiger partial charge on any atom is -0.378 e. The van der Waals surface area contributed by atoms with Crippen molar-refractivity contribution in [2.45, 2.75) is 65.4 Å². The summed E-state index contributed by atoms with van der Waals surface area (Å²) in [6.45, 7) is 10.2. The summed E-state index contributed by atoms with van der Waals surface area (Å²) < 4.78 is 5.98. The van der Waals surface area contributed by atoms with Crippen molar-refractivity contribution >= 4 is 0 Å². The summed E-state index contributed by atoms with van der Waals surface area (Å²) in [5.41, 5.74) is 0.421. The maximum absolute atomic E-state index is 5.98. The Hall–Kier alpha value is -0.0800. The fraction of sp³-hybridized carbons (Fsp3) is 1.00. The van der Waals surface area contributed by atoms with E-state index in [0.717, 1.165) is 36.8 Å². The summed E-state index contributed by atoms with van der Waals surface area (Å²) >= 11 is 0. The molecule has 0 spiro atoms. The second-order valence-corrected chi connectivity index (χ2v) is 8.29. The summed E-state index contributed by atoms with van der Waals surface area (Å²) in [5, 5.41) is 3.74. The van der Waals surface area contributed by atoms with E-state index < -0.39 is 0 Å². The molecule has 2 heteroatoms. The first-order chi connectivity index (χ1) is 9.59. The number of ether oxygens (including phenoxy) is 1. The molecule has 0 amide bonds. The highest BCUT2D eigenvalue weighted by Crippen LogP contribution is 2.53. The highest BCUT2D eigenvalue weighted by atomic mass is 16.5. The Labute approximate surface area is 125 Å². The van der Waals surface area contributed by atoms with Gasteiger partial charge < -0.3 is 10.1 Å². The smallest absolute Gasteiger partial charge is 0.0616 e. The molecule has 5 atom stereocenters. The standard InChI is InChI=1S/C18H33NO/c1-13(2)11-19-12-18(6-7-20-14(18)3)10-17-9-15-4-5-16(17)8-15/h13-17,19H,4-12H2,1-3H3. The molecule has 0 aromatic heterocycles. The molecule has 1 heterocycles. The Kier molecular flexibility index (Phi) is 4.42. The third-order valence-corrected chi connectivity index (χ3v) is 6.41. The first kappa shape index (κ1) is 14.8. The SMILES string of the molecule is CC(C)CNCC1(CC2CC3CCC2C3)CCOC1C. The molecule has 2 bridgehead atoms. The lowest BCUT2D eigenvalue weighted by molar-refractivity contribution is 0.0425. The second-order valence-electron chi connectivity index (χ2n) is 8.29. The molecular weight excluding hydrogens is 246 g/mol. The van der Waals surface area contributed by atoms with Gasteiger partial charge in [0.05, 0.1) is 6.10 Å². The van der Waals surface area contributed by atoms with Crippen LogP contribution in [0.15, 0.2) is 0 Å². The third kappa shape index (κ3) is 2.92. The zero-order chi connectivity index (χ0) is 14.2. The predicted molar refractivity (Wildman–Crippen MR) is 83.7 cm³/mol. The fourth-order valence-corrected chi connectivity index (χ4v) is 5.15. The summed E-state index contributed by atoms with van der Waals surface area (Å²) in [5.74, 6) is 3.86. The van der Waals surface area contributed by atoms with E-state index in [1.165, 1.54) is 45.1 Å². The van der Waals surface area contributed by atoms with E-state index in [1.54, 1.807) is 0 Å².